The van der Waals surface area contributed by atoms with Crippen LogP contribution in [0.1, 0.15) is 0 Å². The van der Waals surface area contributed by atoms with E-state index >= 15 is 0 Å². The van der Waals surface area contributed by atoms with Gasteiger partial charge in [0.1, 0.15) is 0 Å². The Bertz CT molecular complexity index is 721. The van der Waals surface area contributed by atoms with Crippen molar-refractivity contribution in [1.82, 2.24) is 10.2 Å². The van der Waals surface area contributed by atoms with Gasteiger partial charge in [0.25, 0.3) is 0 Å². The van der Waals surface area contributed by atoms with E-state index in [0.29, 0.717) is 11.3 Å². The zero-order valence-corrected chi connectivity index (χ0v) is 11.3. The molecule has 0 spiro atoms. The lowest BCUT2D eigenvalue weighted by Crippen LogP contribution is -2.21. The Hall–Kier alpha value is -2.26. The van der Waals surface area contributed by atoms with Crippen molar-refractivity contribution in [3.05, 3.63) is 24.3 Å². The van der Waals surface area contributed by atoms with E-state index in [2.05, 4.69) is 15.5 Å². The predicted molar refractivity (Wildman–Crippen MR) is 70.5 cm³/mol. The Morgan fingerprint density at radius 1 is 1.30 bits per heavy atom. The zero-order chi connectivity index (χ0) is 14.8. The summed E-state index contributed by atoms with van der Waals surface area (Å²) in [6.07, 6.45) is 0.982. The Morgan fingerprint density at radius 2 is 1.95 bits per heavy atom. The monoisotopic (exact) mass is 296 g/mol. The summed E-state index contributed by atoms with van der Waals surface area (Å²) in [6.45, 7) is -0.108. The molecule has 0 fully saturated rings. The average Bonchev–Trinajstić information content (AvgIpc) is 2.89. The quantitative estimate of drug-likeness (QED) is 0.814. The molecule has 0 radical (unpaired) electrons. The molecule has 1 aromatic heterocycles. The van der Waals surface area contributed by atoms with Crippen LogP contribution in [0.15, 0.2) is 33.9 Å². The minimum atomic E-state index is -3.53. The minimum Gasteiger partial charge on any atom is -0.408 e. The number of sulfone groups is 1. The third-order valence-electron chi connectivity index (χ3n) is 2.32. The second kappa shape index (κ2) is 5.39. The molecule has 8 nitrogen and oxygen atoms in total. The number of aromatic nitrogens is 2. The number of hydrogen-bond donors (Lipinski definition) is 2. The van der Waals surface area contributed by atoms with Gasteiger partial charge in [0.2, 0.25) is 21.6 Å². The SMILES string of the molecule is CS(=O)(=O)c1nnc(-c2ccc(NC(=O)CN)cc2)o1. The number of nitrogens with one attached hydrogen (secondary N) is 1. The van der Waals surface area contributed by atoms with E-state index in [1.165, 1.54) is 0 Å². The number of anilines is 1. The first kappa shape index (κ1) is 14.2. The summed E-state index contributed by atoms with van der Waals surface area (Å²) in [5.74, 6) is -0.225. The summed E-state index contributed by atoms with van der Waals surface area (Å²) in [7, 11) is -3.53. The van der Waals surface area contributed by atoms with Crippen molar-refractivity contribution in [2.75, 3.05) is 18.1 Å². The summed E-state index contributed by atoms with van der Waals surface area (Å²) < 4.78 is 27.5. The van der Waals surface area contributed by atoms with Gasteiger partial charge in [-0.15, -0.1) is 5.10 Å². The van der Waals surface area contributed by atoms with Gasteiger partial charge in [-0.05, 0) is 24.3 Å². The van der Waals surface area contributed by atoms with Crippen LogP contribution in [0.2, 0.25) is 0 Å². The van der Waals surface area contributed by atoms with Crippen molar-refractivity contribution in [1.29, 1.82) is 0 Å². The van der Waals surface area contributed by atoms with E-state index in [1.807, 2.05) is 0 Å². The van der Waals surface area contributed by atoms with Crippen molar-refractivity contribution in [3.8, 4) is 11.5 Å². The van der Waals surface area contributed by atoms with Crippen LogP contribution >= 0.6 is 0 Å². The van der Waals surface area contributed by atoms with Gasteiger partial charge in [0, 0.05) is 17.5 Å². The molecule has 2 aromatic rings. The Balaban J connectivity index is 2.22. The number of rotatable bonds is 4. The molecule has 2 rings (SSSR count). The average molecular weight is 296 g/mol. The van der Waals surface area contributed by atoms with Crippen LogP contribution in [0.5, 0.6) is 0 Å². The summed E-state index contributed by atoms with van der Waals surface area (Å²) in [6, 6.07) is 6.47. The van der Waals surface area contributed by atoms with E-state index in [9.17, 15) is 13.2 Å². The zero-order valence-electron chi connectivity index (χ0n) is 10.5. The number of benzene rings is 1. The molecule has 0 unspecified atom stereocenters. The molecule has 0 bridgehead atoms. The lowest BCUT2D eigenvalue weighted by atomic mass is 10.2. The van der Waals surface area contributed by atoms with Crippen LogP contribution in [-0.2, 0) is 14.6 Å². The first-order valence-corrected chi connectivity index (χ1v) is 7.43. The van der Waals surface area contributed by atoms with E-state index in [0.717, 1.165) is 6.26 Å². The fourth-order valence-corrected chi connectivity index (χ4v) is 1.80. The van der Waals surface area contributed by atoms with Crippen LogP contribution in [0, 0.1) is 0 Å². The molecule has 20 heavy (non-hydrogen) atoms. The molecule has 106 valence electrons. The standard InChI is InChI=1S/C11H12N4O4S/c1-20(17,18)11-15-14-10(19-11)7-2-4-8(5-3-7)13-9(16)6-12/h2-5H,6,12H2,1H3,(H,13,16). The molecule has 0 aliphatic carbocycles. The normalized spacial score (nSPS) is 11.3. The molecule has 0 atom stereocenters. The predicted octanol–water partition coefficient (Wildman–Crippen LogP) is 0.0373. The first-order chi connectivity index (χ1) is 9.40. The van der Waals surface area contributed by atoms with Gasteiger partial charge < -0.3 is 15.5 Å². The maximum Gasteiger partial charge on any atom is 0.335 e. The number of nitrogens with two attached hydrogens (primary N) is 1. The molecular weight excluding hydrogens is 284 g/mol. The Kier molecular flexibility index (Phi) is 3.81. The van der Waals surface area contributed by atoms with E-state index in [4.69, 9.17) is 10.2 Å². The maximum atomic E-state index is 11.2. The topological polar surface area (TPSA) is 128 Å². The van der Waals surface area contributed by atoms with Crippen molar-refractivity contribution in [2.45, 2.75) is 5.22 Å². The highest BCUT2D eigenvalue weighted by atomic mass is 32.2. The summed E-state index contributed by atoms with van der Waals surface area (Å²) in [5, 5.41) is 9.25. The third kappa shape index (κ3) is 3.19. The highest BCUT2D eigenvalue weighted by Gasteiger charge is 2.17. The third-order valence-corrected chi connectivity index (χ3v) is 3.12. The van der Waals surface area contributed by atoms with Gasteiger partial charge in [0.05, 0.1) is 6.54 Å². The first-order valence-electron chi connectivity index (χ1n) is 5.54. The molecule has 3 N–H and O–H groups in total. The van der Waals surface area contributed by atoms with Crippen molar-refractivity contribution >= 4 is 21.4 Å². The van der Waals surface area contributed by atoms with Gasteiger partial charge in [-0.25, -0.2) is 8.42 Å². The summed E-state index contributed by atoms with van der Waals surface area (Å²) in [4.78, 5) is 11.1. The van der Waals surface area contributed by atoms with Crippen LogP contribution in [0.4, 0.5) is 5.69 Å². The van der Waals surface area contributed by atoms with Crippen LogP contribution in [-0.4, -0.2) is 37.3 Å². The molecular formula is C11H12N4O4S. The largest absolute Gasteiger partial charge is 0.408 e. The number of carbonyl (C=O) groups is 1. The molecule has 0 saturated heterocycles. The highest BCUT2D eigenvalue weighted by molar-refractivity contribution is 7.90. The Morgan fingerprint density at radius 3 is 2.45 bits per heavy atom. The van der Waals surface area contributed by atoms with E-state index < -0.39 is 15.1 Å². The fraction of sp³-hybridized carbons (Fsp3) is 0.182. The molecule has 1 heterocycles. The van der Waals surface area contributed by atoms with Gasteiger partial charge in [-0.1, -0.05) is 5.10 Å². The lowest BCUT2D eigenvalue weighted by Gasteiger charge is -2.03. The Labute approximate surface area is 114 Å². The maximum absolute atomic E-state index is 11.2. The van der Waals surface area contributed by atoms with Crippen molar-refractivity contribution in [2.24, 2.45) is 5.73 Å². The fourth-order valence-electron chi connectivity index (χ4n) is 1.38. The van der Waals surface area contributed by atoms with Crippen molar-refractivity contribution < 1.29 is 17.6 Å². The second-order valence-electron chi connectivity index (χ2n) is 3.97. The number of nitrogens with zero attached hydrogens (tertiary/aromatic N) is 2. The van der Waals surface area contributed by atoms with Crippen molar-refractivity contribution in [3.63, 3.8) is 0 Å². The van der Waals surface area contributed by atoms with E-state index in [-0.39, 0.29) is 18.3 Å². The number of amides is 1. The highest BCUT2D eigenvalue weighted by Crippen LogP contribution is 2.21. The van der Waals surface area contributed by atoms with Crippen LogP contribution in [0.25, 0.3) is 11.5 Å². The number of carbonyl (C=O) groups excluding carboxylic acids is 1. The summed E-state index contributed by atoms with van der Waals surface area (Å²) >= 11 is 0. The minimum absolute atomic E-state index is 0.0853. The summed E-state index contributed by atoms with van der Waals surface area (Å²) in [5.41, 5.74) is 6.28. The molecule has 1 amide bonds. The van der Waals surface area contributed by atoms with Crippen LogP contribution in [0.3, 0.4) is 0 Å². The molecule has 1 aromatic carbocycles. The lowest BCUT2D eigenvalue weighted by molar-refractivity contribution is -0.114. The molecule has 0 aliphatic rings. The van der Waals surface area contributed by atoms with E-state index in [1.54, 1.807) is 24.3 Å². The smallest absolute Gasteiger partial charge is 0.335 e. The van der Waals surface area contributed by atoms with Gasteiger partial charge >= 0.3 is 5.22 Å². The van der Waals surface area contributed by atoms with Gasteiger partial charge in [0.15, 0.2) is 0 Å². The molecule has 0 aliphatic heterocycles. The molecule has 0 saturated carbocycles. The van der Waals surface area contributed by atoms with Gasteiger partial charge in [-0.2, -0.15) is 0 Å². The second-order valence-corrected chi connectivity index (χ2v) is 5.87. The van der Waals surface area contributed by atoms with Gasteiger partial charge in [-0.3, -0.25) is 4.79 Å². The number of hydrogen-bond acceptors (Lipinski definition) is 7. The molecule has 9 heteroatoms. The van der Waals surface area contributed by atoms with Crippen LogP contribution < -0.4 is 11.1 Å².